The number of hydrogen-bond donors (Lipinski definition) is 0. The Morgan fingerprint density at radius 2 is 1.64 bits per heavy atom. The lowest BCUT2D eigenvalue weighted by Gasteiger charge is -2.19. The van der Waals surface area contributed by atoms with Crippen LogP contribution in [0.5, 0.6) is 0 Å². The molecule has 0 spiro atoms. The lowest BCUT2D eigenvalue weighted by atomic mass is 10.0. The first-order valence-electron chi connectivity index (χ1n) is 4.75. The average Bonchev–Trinajstić information content (AvgIpc) is 1.97. The summed E-state index contributed by atoms with van der Waals surface area (Å²) in [6.45, 7) is 9.85. The Hall–Kier alpha value is -0.440. The topological polar surface area (TPSA) is 41.8 Å². The zero-order chi connectivity index (χ0) is 11.4. The van der Waals surface area contributed by atoms with Crippen LogP contribution in [0.15, 0.2) is 10.2 Å². The summed E-state index contributed by atoms with van der Waals surface area (Å²) in [5, 5.41) is 8.07. The highest BCUT2D eigenvalue weighted by atomic mass is 35.5. The van der Waals surface area contributed by atoms with Crippen LogP contribution in [-0.2, 0) is 4.79 Å². The summed E-state index contributed by atoms with van der Waals surface area (Å²) >= 11 is 5.26. The second-order valence-electron chi connectivity index (χ2n) is 5.04. The lowest BCUT2D eigenvalue weighted by molar-refractivity contribution is -0.112. The highest BCUT2D eigenvalue weighted by molar-refractivity contribution is 6.63. The van der Waals surface area contributed by atoms with Crippen LogP contribution in [0.1, 0.15) is 47.5 Å². The second-order valence-corrected chi connectivity index (χ2v) is 5.46. The summed E-state index contributed by atoms with van der Waals surface area (Å²) in [6, 6.07) is 0. The number of rotatable bonds is 4. The molecule has 0 N–H and O–H groups in total. The molecule has 0 saturated heterocycles. The molecule has 0 aromatic rings. The first-order chi connectivity index (χ1) is 6.12. The van der Waals surface area contributed by atoms with Crippen LogP contribution in [0.4, 0.5) is 0 Å². The normalized spacial score (nSPS) is 13.6. The number of halogens is 1. The molecular weight excluding hydrogens is 200 g/mol. The van der Waals surface area contributed by atoms with Crippen molar-refractivity contribution in [2.24, 2.45) is 10.2 Å². The van der Waals surface area contributed by atoms with Gasteiger partial charge in [0.05, 0.1) is 11.1 Å². The molecule has 0 heterocycles. The highest BCUT2D eigenvalue weighted by Crippen LogP contribution is 2.20. The maximum Gasteiger partial charge on any atom is 0.221 e. The molecule has 0 aromatic carbocycles. The fourth-order valence-corrected chi connectivity index (χ4v) is 0.834. The van der Waals surface area contributed by atoms with Gasteiger partial charge in [-0.1, -0.05) is 0 Å². The van der Waals surface area contributed by atoms with Gasteiger partial charge >= 0.3 is 0 Å². The molecular formula is C10H19ClN2O. The SMILES string of the molecule is CC(C)(C)/N=N/C(C)(C)CCC(=O)Cl. The zero-order valence-corrected chi connectivity index (χ0v) is 10.4. The Bertz CT molecular complexity index is 229. The largest absolute Gasteiger partial charge is 0.281 e. The van der Waals surface area contributed by atoms with Gasteiger partial charge in [0.1, 0.15) is 0 Å². The van der Waals surface area contributed by atoms with Crippen molar-refractivity contribution in [3.8, 4) is 0 Å². The molecule has 0 aromatic heterocycles. The smallest absolute Gasteiger partial charge is 0.221 e. The van der Waals surface area contributed by atoms with Gasteiger partial charge in [-0.05, 0) is 52.6 Å². The van der Waals surface area contributed by atoms with Crippen molar-refractivity contribution < 1.29 is 4.79 Å². The van der Waals surface area contributed by atoms with Crippen molar-refractivity contribution in [1.29, 1.82) is 0 Å². The van der Waals surface area contributed by atoms with E-state index in [-0.39, 0.29) is 16.3 Å². The van der Waals surface area contributed by atoms with Crippen LogP contribution in [0.25, 0.3) is 0 Å². The van der Waals surface area contributed by atoms with Crippen molar-refractivity contribution in [3.05, 3.63) is 0 Å². The maximum atomic E-state index is 10.6. The molecule has 0 unspecified atom stereocenters. The molecule has 0 fully saturated rings. The number of azo groups is 1. The number of nitrogens with zero attached hydrogens (tertiary/aromatic N) is 2. The minimum atomic E-state index is -0.316. The first kappa shape index (κ1) is 13.6. The Morgan fingerprint density at radius 1 is 1.14 bits per heavy atom. The zero-order valence-electron chi connectivity index (χ0n) is 9.59. The van der Waals surface area contributed by atoms with E-state index in [2.05, 4.69) is 10.2 Å². The molecule has 0 rings (SSSR count). The highest BCUT2D eigenvalue weighted by Gasteiger charge is 2.19. The molecule has 0 aliphatic rings. The van der Waals surface area contributed by atoms with Gasteiger partial charge in [-0.2, -0.15) is 10.2 Å². The average molecular weight is 219 g/mol. The van der Waals surface area contributed by atoms with E-state index in [1.807, 2.05) is 34.6 Å². The van der Waals surface area contributed by atoms with Crippen LogP contribution in [0.2, 0.25) is 0 Å². The second kappa shape index (κ2) is 4.87. The minimum absolute atomic E-state index is 0.164. The van der Waals surface area contributed by atoms with E-state index in [0.29, 0.717) is 12.8 Å². The van der Waals surface area contributed by atoms with Gasteiger partial charge in [0.25, 0.3) is 0 Å². The predicted molar refractivity (Wildman–Crippen MR) is 58.8 cm³/mol. The standard InChI is InChI=1S/C10H19ClN2O/c1-9(2,3)12-13-10(4,5)7-6-8(11)14/h6-7H2,1-5H3/b13-12+. The van der Waals surface area contributed by atoms with Crippen molar-refractivity contribution in [3.63, 3.8) is 0 Å². The Morgan fingerprint density at radius 3 is 2.00 bits per heavy atom. The molecule has 14 heavy (non-hydrogen) atoms. The van der Waals surface area contributed by atoms with Crippen molar-refractivity contribution in [1.82, 2.24) is 0 Å². The van der Waals surface area contributed by atoms with Gasteiger partial charge in [-0.25, -0.2) is 0 Å². The summed E-state index contributed by atoms with van der Waals surface area (Å²) in [5.74, 6) is 0. The summed E-state index contributed by atoms with van der Waals surface area (Å²) in [4.78, 5) is 10.6. The van der Waals surface area contributed by atoms with E-state index < -0.39 is 0 Å². The lowest BCUT2D eigenvalue weighted by Crippen LogP contribution is -2.19. The number of hydrogen-bond acceptors (Lipinski definition) is 3. The molecule has 0 bridgehead atoms. The maximum absolute atomic E-state index is 10.6. The van der Waals surface area contributed by atoms with Gasteiger partial charge in [-0.3, -0.25) is 4.79 Å². The third kappa shape index (κ3) is 8.17. The summed E-state index contributed by atoms with van der Waals surface area (Å²) < 4.78 is 0. The van der Waals surface area contributed by atoms with Gasteiger partial charge in [0.2, 0.25) is 5.24 Å². The van der Waals surface area contributed by atoms with Crippen LogP contribution in [0, 0.1) is 0 Å². The number of carbonyl (C=O) groups is 1. The van der Waals surface area contributed by atoms with Crippen LogP contribution >= 0.6 is 11.6 Å². The van der Waals surface area contributed by atoms with Gasteiger partial charge in [0, 0.05) is 6.42 Å². The minimum Gasteiger partial charge on any atom is -0.281 e. The van der Waals surface area contributed by atoms with E-state index >= 15 is 0 Å². The van der Waals surface area contributed by atoms with E-state index in [4.69, 9.17) is 11.6 Å². The molecule has 4 heteroatoms. The summed E-state index contributed by atoms with van der Waals surface area (Å²) in [5.41, 5.74) is -0.472. The molecule has 3 nitrogen and oxygen atoms in total. The van der Waals surface area contributed by atoms with E-state index in [1.165, 1.54) is 0 Å². The molecule has 0 atom stereocenters. The Labute approximate surface area is 90.9 Å². The van der Waals surface area contributed by atoms with Gasteiger partial charge in [-0.15, -0.1) is 0 Å². The summed E-state index contributed by atoms with van der Waals surface area (Å²) in [7, 11) is 0. The Balaban J connectivity index is 4.20. The molecule has 0 aliphatic carbocycles. The van der Waals surface area contributed by atoms with Crippen LogP contribution in [-0.4, -0.2) is 16.3 Å². The predicted octanol–water partition coefficient (Wildman–Crippen LogP) is 3.56. The van der Waals surface area contributed by atoms with Crippen LogP contribution < -0.4 is 0 Å². The van der Waals surface area contributed by atoms with Gasteiger partial charge in [0.15, 0.2) is 0 Å². The molecule has 0 amide bonds. The van der Waals surface area contributed by atoms with Crippen molar-refractivity contribution in [2.75, 3.05) is 0 Å². The molecule has 0 aliphatic heterocycles. The fourth-order valence-electron chi connectivity index (χ4n) is 0.740. The monoisotopic (exact) mass is 218 g/mol. The molecule has 0 radical (unpaired) electrons. The van der Waals surface area contributed by atoms with Crippen molar-refractivity contribution >= 4 is 16.8 Å². The van der Waals surface area contributed by atoms with E-state index in [0.717, 1.165) is 0 Å². The Kier molecular flexibility index (Phi) is 4.72. The van der Waals surface area contributed by atoms with E-state index in [1.54, 1.807) is 0 Å². The third-order valence-corrected chi connectivity index (χ3v) is 1.74. The fraction of sp³-hybridized carbons (Fsp3) is 0.900. The first-order valence-corrected chi connectivity index (χ1v) is 5.13. The summed E-state index contributed by atoms with van der Waals surface area (Å²) in [6.07, 6.45) is 0.979. The molecule has 0 saturated carbocycles. The quantitative estimate of drug-likeness (QED) is 0.526. The molecule has 82 valence electrons. The third-order valence-electron chi connectivity index (χ3n) is 1.55. The number of carbonyl (C=O) groups excluding carboxylic acids is 1. The van der Waals surface area contributed by atoms with Gasteiger partial charge < -0.3 is 0 Å². The van der Waals surface area contributed by atoms with E-state index in [9.17, 15) is 4.79 Å². The van der Waals surface area contributed by atoms with Crippen molar-refractivity contribution in [2.45, 2.75) is 58.5 Å². The van der Waals surface area contributed by atoms with Crippen LogP contribution in [0.3, 0.4) is 0 Å².